The summed E-state index contributed by atoms with van der Waals surface area (Å²) in [6.07, 6.45) is 0.772. The lowest BCUT2D eigenvalue weighted by Crippen LogP contribution is -1.95. The monoisotopic (exact) mass is 314 g/mol. The maximum atomic E-state index is 13.0. The molecular weight excluding hydrogens is 307 g/mol. The van der Waals surface area contributed by atoms with Gasteiger partial charge >= 0.3 is 0 Å². The van der Waals surface area contributed by atoms with E-state index in [2.05, 4.69) is 25.9 Å². The zero-order chi connectivity index (χ0) is 12.4. The maximum Gasteiger partial charge on any atom is 0.162 e. The summed E-state index contributed by atoms with van der Waals surface area (Å²) in [5.41, 5.74) is 1.58. The van der Waals surface area contributed by atoms with Gasteiger partial charge in [-0.15, -0.1) is 0 Å². The lowest BCUT2D eigenvalue weighted by molar-refractivity contribution is 0.627. The quantitative estimate of drug-likeness (QED) is 0.774. The molecule has 0 bridgehead atoms. The molecule has 0 aliphatic heterocycles. The van der Waals surface area contributed by atoms with Gasteiger partial charge in [0.1, 0.15) is 11.0 Å². The molecule has 0 unspecified atom stereocenters. The largest absolute Gasteiger partial charge is 0.233 e. The number of aryl methyl sites for hydroxylation is 1. The molecule has 5 heteroatoms. The third-order valence-corrected chi connectivity index (χ3v) is 3.13. The number of nitrogens with zero attached hydrogens (tertiary/aromatic N) is 2. The first-order valence-electron chi connectivity index (χ1n) is 5.09. The van der Waals surface area contributed by atoms with Gasteiger partial charge in [-0.1, -0.05) is 18.5 Å². The molecule has 2 nitrogen and oxygen atoms in total. The van der Waals surface area contributed by atoms with Crippen molar-refractivity contribution in [3.63, 3.8) is 0 Å². The van der Waals surface area contributed by atoms with E-state index in [0.717, 1.165) is 17.7 Å². The Morgan fingerprint density at radius 2 is 2.06 bits per heavy atom. The number of rotatable bonds is 2. The Labute approximate surface area is 112 Å². The van der Waals surface area contributed by atoms with Crippen LogP contribution in [0.25, 0.3) is 11.4 Å². The van der Waals surface area contributed by atoms with Crippen LogP contribution in [0.15, 0.2) is 28.7 Å². The molecule has 1 aromatic carbocycles. The Kier molecular flexibility index (Phi) is 3.74. The molecule has 0 N–H and O–H groups in total. The van der Waals surface area contributed by atoms with Crippen molar-refractivity contribution in [3.8, 4) is 11.4 Å². The van der Waals surface area contributed by atoms with Crippen LogP contribution in [0.1, 0.15) is 12.6 Å². The second kappa shape index (κ2) is 5.10. The topological polar surface area (TPSA) is 25.8 Å². The highest BCUT2D eigenvalue weighted by atomic mass is 79.9. The first-order valence-corrected chi connectivity index (χ1v) is 6.26. The van der Waals surface area contributed by atoms with Crippen molar-refractivity contribution in [2.75, 3.05) is 0 Å². The molecule has 0 spiro atoms. The summed E-state index contributed by atoms with van der Waals surface area (Å²) in [5.74, 6) is 0.194. The summed E-state index contributed by atoms with van der Waals surface area (Å²) in [6.45, 7) is 1.99. The van der Waals surface area contributed by atoms with Crippen molar-refractivity contribution in [1.29, 1.82) is 0 Å². The summed E-state index contributed by atoms with van der Waals surface area (Å²) in [6, 6.07) is 6.11. The molecule has 0 aliphatic rings. The van der Waals surface area contributed by atoms with Crippen LogP contribution in [0.4, 0.5) is 4.39 Å². The molecule has 0 saturated carbocycles. The van der Waals surface area contributed by atoms with Crippen molar-refractivity contribution < 1.29 is 4.39 Å². The minimum absolute atomic E-state index is 0.307. The highest BCUT2D eigenvalue weighted by Crippen LogP contribution is 2.27. The number of halogens is 3. The molecular formula is C12H9BrClFN2. The highest BCUT2D eigenvalue weighted by Gasteiger charge is 2.09. The third-order valence-electron chi connectivity index (χ3n) is 2.28. The van der Waals surface area contributed by atoms with Crippen LogP contribution in [0.2, 0.25) is 5.15 Å². The summed E-state index contributed by atoms with van der Waals surface area (Å²) >= 11 is 9.21. The van der Waals surface area contributed by atoms with Crippen LogP contribution in [-0.2, 0) is 6.42 Å². The molecule has 0 atom stereocenters. The Balaban J connectivity index is 2.55. The molecule has 2 aromatic rings. The lowest BCUT2D eigenvalue weighted by atomic mass is 10.2. The van der Waals surface area contributed by atoms with Gasteiger partial charge in [-0.05, 0) is 46.6 Å². The SMILES string of the molecule is CCc1cc(Cl)nc(-c2ccc(F)cc2Br)n1. The van der Waals surface area contributed by atoms with Crippen molar-refractivity contribution >= 4 is 27.5 Å². The molecule has 0 saturated heterocycles. The van der Waals surface area contributed by atoms with Gasteiger partial charge in [-0.2, -0.15) is 0 Å². The van der Waals surface area contributed by atoms with E-state index in [9.17, 15) is 4.39 Å². The molecule has 0 amide bonds. The summed E-state index contributed by atoms with van der Waals surface area (Å²) in [7, 11) is 0. The fourth-order valence-electron chi connectivity index (χ4n) is 1.44. The first-order chi connectivity index (χ1) is 8.10. The smallest absolute Gasteiger partial charge is 0.162 e. The zero-order valence-electron chi connectivity index (χ0n) is 9.04. The average molecular weight is 316 g/mol. The van der Waals surface area contributed by atoms with Gasteiger partial charge in [-0.25, -0.2) is 14.4 Å². The summed E-state index contributed by atoms with van der Waals surface area (Å²) in [5, 5.41) is 0.392. The van der Waals surface area contributed by atoms with Gasteiger partial charge in [0.2, 0.25) is 0 Å². The predicted octanol–water partition coefficient (Wildman–Crippen LogP) is 4.26. The van der Waals surface area contributed by atoms with Crippen LogP contribution < -0.4 is 0 Å². The number of aromatic nitrogens is 2. The maximum absolute atomic E-state index is 13.0. The zero-order valence-corrected chi connectivity index (χ0v) is 11.4. The van der Waals surface area contributed by atoms with Crippen molar-refractivity contribution in [3.05, 3.63) is 45.4 Å². The van der Waals surface area contributed by atoms with Crippen LogP contribution >= 0.6 is 27.5 Å². The summed E-state index contributed by atoms with van der Waals surface area (Å²) < 4.78 is 13.6. The van der Waals surface area contributed by atoms with Crippen molar-refractivity contribution in [2.45, 2.75) is 13.3 Å². The van der Waals surface area contributed by atoms with E-state index in [0.29, 0.717) is 15.5 Å². The Morgan fingerprint density at radius 1 is 1.29 bits per heavy atom. The minimum Gasteiger partial charge on any atom is -0.233 e. The van der Waals surface area contributed by atoms with Gasteiger partial charge in [0.25, 0.3) is 0 Å². The van der Waals surface area contributed by atoms with E-state index in [1.54, 1.807) is 12.1 Å². The van der Waals surface area contributed by atoms with Gasteiger partial charge in [0, 0.05) is 15.7 Å². The highest BCUT2D eigenvalue weighted by molar-refractivity contribution is 9.10. The number of benzene rings is 1. The third kappa shape index (κ3) is 2.82. The average Bonchev–Trinajstić information content (AvgIpc) is 2.28. The van der Waals surface area contributed by atoms with Gasteiger partial charge in [0.15, 0.2) is 5.82 Å². The lowest BCUT2D eigenvalue weighted by Gasteiger charge is -2.05. The van der Waals surface area contributed by atoms with Gasteiger partial charge < -0.3 is 0 Å². The van der Waals surface area contributed by atoms with Crippen LogP contribution in [0.5, 0.6) is 0 Å². The Morgan fingerprint density at radius 3 is 2.71 bits per heavy atom. The van der Waals surface area contributed by atoms with E-state index < -0.39 is 0 Å². The van der Waals surface area contributed by atoms with E-state index in [-0.39, 0.29) is 5.82 Å². The molecule has 0 aliphatic carbocycles. The first kappa shape index (κ1) is 12.5. The second-order valence-corrected chi connectivity index (χ2v) is 4.72. The van der Waals surface area contributed by atoms with E-state index in [1.807, 2.05) is 6.92 Å². The second-order valence-electron chi connectivity index (χ2n) is 3.48. The van der Waals surface area contributed by atoms with Crippen molar-refractivity contribution in [1.82, 2.24) is 9.97 Å². The van der Waals surface area contributed by atoms with Crippen LogP contribution in [0, 0.1) is 5.82 Å². The van der Waals surface area contributed by atoms with Gasteiger partial charge in [-0.3, -0.25) is 0 Å². The molecule has 88 valence electrons. The Bertz CT molecular complexity index is 560. The molecule has 0 fully saturated rings. The van der Waals surface area contributed by atoms with Gasteiger partial charge in [0.05, 0.1) is 0 Å². The molecule has 1 heterocycles. The van der Waals surface area contributed by atoms with Crippen molar-refractivity contribution in [2.24, 2.45) is 0 Å². The van der Waals surface area contributed by atoms with Crippen LogP contribution in [-0.4, -0.2) is 9.97 Å². The van der Waals surface area contributed by atoms with E-state index in [4.69, 9.17) is 11.6 Å². The number of hydrogen-bond donors (Lipinski definition) is 0. The minimum atomic E-state index is -0.307. The normalized spacial score (nSPS) is 10.6. The predicted molar refractivity (Wildman–Crippen MR) is 69.5 cm³/mol. The molecule has 1 aromatic heterocycles. The Hall–Kier alpha value is -1.000. The standard InChI is InChI=1S/C12H9BrClFN2/c1-2-8-6-11(14)17-12(16-8)9-4-3-7(15)5-10(9)13/h3-6H,2H2,1H3. The van der Waals surface area contributed by atoms with E-state index in [1.165, 1.54) is 12.1 Å². The molecule has 0 radical (unpaired) electrons. The number of hydrogen-bond acceptors (Lipinski definition) is 2. The van der Waals surface area contributed by atoms with Crippen LogP contribution in [0.3, 0.4) is 0 Å². The fourth-order valence-corrected chi connectivity index (χ4v) is 2.17. The molecule has 2 rings (SSSR count). The fraction of sp³-hybridized carbons (Fsp3) is 0.167. The summed E-state index contributed by atoms with van der Waals surface area (Å²) in [4.78, 5) is 8.51. The van der Waals surface area contributed by atoms with E-state index >= 15 is 0 Å². The molecule has 17 heavy (non-hydrogen) atoms.